The summed E-state index contributed by atoms with van der Waals surface area (Å²) in [6, 6.07) is 12.1. The van der Waals surface area contributed by atoms with Gasteiger partial charge in [-0.15, -0.1) is 0 Å². The highest BCUT2D eigenvalue weighted by molar-refractivity contribution is 7.89. The molecule has 0 saturated heterocycles. The molecule has 1 aromatic heterocycles. The van der Waals surface area contributed by atoms with Crippen molar-refractivity contribution < 1.29 is 17.7 Å². The Bertz CT molecular complexity index is 1120. The number of carbonyl (C=O) groups is 1. The van der Waals surface area contributed by atoms with Crippen LogP contribution in [-0.2, 0) is 14.8 Å². The first-order chi connectivity index (χ1) is 13.3. The van der Waals surface area contributed by atoms with E-state index >= 15 is 0 Å². The molecule has 8 nitrogen and oxygen atoms in total. The Hall–Kier alpha value is -3.04. The molecule has 0 radical (unpaired) electrons. The third kappa shape index (κ3) is 4.44. The third-order valence-electron chi connectivity index (χ3n) is 4.11. The van der Waals surface area contributed by atoms with Crippen molar-refractivity contribution in [2.75, 3.05) is 11.9 Å². The van der Waals surface area contributed by atoms with E-state index in [0.29, 0.717) is 28.5 Å². The minimum absolute atomic E-state index is 0.0520. The second-order valence-corrected chi connectivity index (χ2v) is 8.04. The number of aryl methyl sites for hydroxylation is 3. The molecule has 28 heavy (non-hydrogen) atoms. The van der Waals surface area contributed by atoms with E-state index in [9.17, 15) is 13.2 Å². The van der Waals surface area contributed by atoms with Gasteiger partial charge in [0.2, 0.25) is 27.6 Å². The Balaban J connectivity index is 1.75. The fourth-order valence-electron chi connectivity index (χ4n) is 2.59. The molecule has 0 saturated carbocycles. The first-order valence-corrected chi connectivity index (χ1v) is 10.0. The maximum absolute atomic E-state index is 12.7. The number of aromatic nitrogens is 2. The predicted molar refractivity (Wildman–Crippen MR) is 104 cm³/mol. The molecule has 0 unspecified atom stereocenters. The van der Waals surface area contributed by atoms with Gasteiger partial charge in [0.15, 0.2) is 0 Å². The lowest BCUT2D eigenvalue weighted by atomic mass is 10.1. The molecule has 1 heterocycles. The molecular formula is C19H20N4O4S. The Morgan fingerprint density at radius 1 is 1.07 bits per heavy atom. The van der Waals surface area contributed by atoms with Crippen molar-refractivity contribution in [3.8, 4) is 11.4 Å². The van der Waals surface area contributed by atoms with Gasteiger partial charge in [-0.25, -0.2) is 13.1 Å². The van der Waals surface area contributed by atoms with Gasteiger partial charge < -0.3 is 9.84 Å². The first-order valence-electron chi connectivity index (χ1n) is 8.53. The standard InChI is InChI=1S/C19H20N4O4S/c1-12-6-4-5-7-16(12)22-18(24)11-20-28(25,26)17-10-15(9-8-13(17)2)19-21-14(3)27-23-19/h4-10,20H,11H2,1-3H3,(H,22,24). The van der Waals surface area contributed by atoms with Crippen LogP contribution in [0.2, 0.25) is 0 Å². The summed E-state index contributed by atoms with van der Waals surface area (Å²) in [7, 11) is -3.91. The van der Waals surface area contributed by atoms with Gasteiger partial charge in [0.25, 0.3) is 0 Å². The van der Waals surface area contributed by atoms with Crippen molar-refractivity contribution in [2.45, 2.75) is 25.7 Å². The Morgan fingerprint density at radius 2 is 1.82 bits per heavy atom. The zero-order valence-electron chi connectivity index (χ0n) is 15.7. The van der Waals surface area contributed by atoms with Crippen molar-refractivity contribution in [3.63, 3.8) is 0 Å². The van der Waals surface area contributed by atoms with Gasteiger partial charge in [0.1, 0.15) is 0 Å². The minimum atomic E-state index is -3.91. The van der Waals surface area contributed by atoms with E-state index in [1.165, 1.54) is 6.07 Å². The van der Waals surface area contributed by atoms with E-state index in [4.69, 9.17) is 4.52 Å². The lowest BCUT2D eigenvalue weighted by molar-refractivity contribution is -0.115. The summed E-state index contributed by atoms with van der Waals surface area (Å²) < 4.78 is 32.7. The van der Waals surface area contributed by atoms with E-state index < -0.39 is 15.9 Å². The number of carbonyl (C=O) groups excluding carboxylic acids is 1. The minimum Gasteiger partial charge on any atom is -0.339 e. The van der Waals surface area contributed by atoms with Gasteiger partial charge in [-0.3, -0.25) is 4.79 Å². The third-order valence-corrected chi connectivity index (χ3v) is 5.65. The van der Waals surface area contributed by atoms with E-state index in [1.807, 2.05) is 19.1 Å². The summed E-state index contributed by atoms with van der Waals surface area (Å²) >= 11 is 0. The summed E-state index contributed by atoms with van der Waals surface area (Å²) in [6.07, 6.45) is 0. The zero-order chi connectivity index (χ0) is 20.3. The molecule has 3 aromatic rings. The molecule has 1 amide bonds. The number of para-hydroxylation sites is 1. The van der Waals surface area contributed by atoms with Crippen LogP contribution in [0.4, 0.5) is 5.69 Å². The van der Waals surface area contributed by atoms with Crippen LogP contribution < -0.4 is 10.0 Å². The van der Waals surface area contributed by atoms with E-state index in [-0.39, 0.29) is 11.4 Å². The van der Waals surface area contributed by atoms with E-state index in [1.54, 1.807) is 38.1 Å². The van der Waals surface area contributed by atoms with Crippen LogP contribution in [0.25, 0.3) is 11.4 Å². The first kappa shape index (κ1) is 19.7. The molecule has 2 aromatic carbocycles. The van der Waals surface area contributed by atoms with Crippen LogP contribution in [0.15, 0.2) is 51.9 Å². The van der Waals surface area contributed by atoms with Crippen LogP contribution >= 0.6 is 0 Å². The quantitative estimate of drug-likeness (QED) is 0.657. The number of anilines is 1. The maximum Gasteiger partial charge on any atom is 0.241 e. The average molecular weight is 400 g/mol. The number of hydrogen-bond acceptors (Lipinski definition) is 6. The zero-order valence-corrected chi connectivity index (χ0v) is 16.5. The lowest BCUT2D eigenvalue weighted by Gasteiger charge is -2.11. The van der Waals surface area contributed by atoms with Gasteiger partial charge in [-0.05, 0) is 37.1 Å². The molecule has 0 aliphatic heterocycles. The molecule has 0 atom stereocenters. The monoisotopic (exact) mass is 400 g/mol. The average Bonchev–Trinajstić information content (AvgIpc) is 3.09. The number of benzene rings is 2. The summed E-state index contributed by atoms with van der Waals surface area (Å²) in [5.74, 6) is 0.220. The summed E-state index contributed by atoms with van der Waals surface area (Å²) in [6.45, 7) is 4.79. The molecule has 0 spiro atoms. The normalized spacial score (nSPS) is 11.4. The Labute approximate surface area is 163 Å². The molecular weight excluding hydrogens is 380 g/mol. The number of nitrogens with zero attached hydrogens (tertiary/aromatic N) is 2. The number of hydrogen-bond donors (Lipinski definition) is 2. The molecule has 146 valence electrons. The van der Waals surface area contributed by atoms with Crippen LogP contribution in [0.1, 0.15) is 17.0 Å². The van der Waals surface area contributed by atoms with E-state index in [2.05, 4.69) is 20.2 Å². The number of amides is 1. The second kappa shape index (κ2) is 7.91. The molecule has 0 aliphatic carbocycles. The molecule has 2 N–H and O–H groups in total. The van der Waals surface area contributed by atoms with Crippen molar-refractivity contribution in [1.82, 2.24) is 14.9 Å². The molecule has 0 bridgehead atoms. The van der Waals surface area contributed by atoms with Crippen molar-refractivity contribution in [3.05, 3.63) is 59.5 Å². The van der Waals surface area contributed by atoms with Gasteiger partial charge >= 0.3 is 0 Å². The lowest BCUT2D eigenvalue weighted by Crippen LogP contribution is -2.33. The summed E-state index contributed by atoms with van der Waals surface area (Å²) in [5.41, 5.74) is 2.57. The summed E-state index contributed by atoms with van der Waals surface area (Å²) in [5, 5.41) is 6.49. The van der Waals surface area contributed by atoms with Crippen molar-refractivity contribution in [1.29, 1.82) is 0 Å². The fourth-order valence-corrected chi connectivity index (χ4v) is 3.84. The van der Waals surface area contributed by atoms with Crippen LogP contribution in [0.3, 0.4) is 0 Å². The predicted octanol–water partition coefficient (Wildman–Crippen LogP) is 2.58. The molecule has 0 aliphatic rings. The van der Waals surface area contributed by atoms with Crippen molar-refractivity contribution in [2.24, 2.45) is 0 Å². The number of sulfonamides is 1. The molecule has 3 rings (SSSR count). The van der Waals surface area contributed by atoms with Gasteiger partial charge in [-0.1, -0.05) is 35.5 Å². The van der Waals surface area contributed by atoms with Gasteiger partial charge in [-0.2, -0.15) is 4.98 Å². The highest BCUT2D eigenvalue weighted by atomic mass is 32.2. The summed E-state index contributed by atoms with van der Waals surface area (Å²) in [4.78, 5) is 16.3. The largest absolute Gasteiger partial charge is 0.339 e. The SMILES string of the molecule is Cc1nc(-c2ccc(C)c(S(=O)(=O)NCC(=O)Nc3ccccc3C)c2)no1. The topological polar surface area (TPSA) is 114 Å². The second-order valence-electron chi connectivity index (χ2n) is 6.30. The number of rotatable bonds is 6. The van der Waals surface area contributed by atoms with Gasteiger partial charge in [0.05, 0.1) is 11.4 Å². The molecule has 0 fully saturated rings. The van der Waals surface area contributed by atoms with Crippen LogP contribution in [0, 0.1) is 20.8 Å². The highest BCUT2D eigenvalue weighted by Crippen LogP contribution is 2.23. The van der Waals surface area contributed by atoms with Crippen LogP contribution in [-0.4, -0.2) is 31.0 Å². The molecule has 9 heteroatoms. The number of nitrogens with one attached hydrogen (secondary N) is 2. The Kier molecular flexibility index (Phi) is 5.57. The maximum atomic E-state index is 12.7. The Morgan fingerprint density at radius 3 is 2.50 bits per heavy atom. The van der Waals surface area contributed by atoms with Crippen LogP contribution in [0.5, 0.6) is 0 Å². The van der Waals surface area contributed by atoms with Crippen molar-refractivity contribution >= 4 is 21.6 Å². The fraction of sp³-hybridized carbons (Fsp3) is 0.211. The highest BCUT2D eigenvalue weighted by Gasteiger charge is 2.20. The van der Waals surface area contributed by atoms with Gasteiger partial charge in [0, 0.05) is 18.2 Å². The smallest absolute Gasteiger partial charge is 0.241 e. The van der Waals surface area contributed by atoms with E-state index in [0.717, 1.165) is 5.56 Å².